The fourth-order valence-electron chi connectivity index (χ4n) is 3.20. The number of aryl methyl sites for hydroxylation is 1. The number of nitrogens with zero attached hydrogens (tertiary/aromatic N) is 4. The number of ether oxygens (including phenoxy) is 1. The third-order valence-electron chi connectivity index (χ3n) is 4.65. The van der Waals surface area contributed by atoms with Crippen molar-refractivity contribution in [1.29, 1.82) is 5.26 Å². The average Bonchev–Trinajstić information content (AvgIpc) is 3.16. The van der Waals surface area contributed by atoms with Gasteiger partial charge in [0.05, 0.1) is 24.4 Å². The van der Waals surface area contributed by atoms with Crippen LogP contribution in [0.25, 0.3) is 16.7 Å². The highest BCUT2D eigenvalue weighted by Gasteiger charge is 2.20. The topological polar surface area (TPSA) is 92.8 Å². The van der Waals surface area contributed by atoms with E-state index in [2.05, 4.69) is 21.5 Å². The second-order valence-electron chi connectivity index (χ2n) is 6.54. The van der Waals surface area contributed by atoms with Crippen LogP contribution < -0.4 is 10.1 Å². The van der Waals surface area contributed by atoms with Gasteiger partial charge in [-0.05, 0) is 42.8 Å². The van der Waals surface area contributed by atoms with Gasteiger partial charge in [-0.3, -0.25) is 4.79 Å². The Kier molecular flexibility index (Phi) is 5.09. The molecule has 0 radical (unpaired) electrons. The summed E-state index contributed by atoms with van der Waals surface area (Å²) in [6, 6.07) is 16.4. The third kappa shape index (κ3) is 3.45. The first kappa shape index (κ1) is 19.4. The molecule has 4 aromatic rings. The second-order valence-corrected chi connectivity index (χ2v) is 6.98. The maximum absolute atomic E-state index is 13.0. The number of methoxy groups -OCH3 is 1. The Balaban J connectivity index is 1.80. The summed E-state index contributed by atoms with van der Waals surface area (Å²) in [7, 11) is 1.47. The number of para-hydroxylation sites is 1. The van der Waals surface area contributed by atoms with E-state index in [1.165, 1.54) is 24.1 Å². The molecule has 1 N–H and O–H groups in total. The van der Waals surface area contributed by atoms with Crippen molar-refractivity contribution in [2.75, 3.05) is 12.4 Å². The Morgan fingerprint density at radius 3 is 2.80 bits per heavy atom. The lowest BCUT2D eigenvalue weighted by Crippen LogP contribution is -2.17. The number of pyridine rings is 1. The van der Waals surface area contributed by atoms with E-state index in [0.717, 1.165) is 16.5 Å². The van der Waals surface area contributed by atoms with E-state index in [1.807, 2.05) is 37.3 Å². The van der Waals surface area contributed by atoms with Gasteiger partial charge in [0.1, 0.15) is 17.4 Å². The first-order valence-electron chi connectivity index (χ1n) is 9.01. The SMILES string of the molecule is COc1ccc(Cl)cc1C(=O)Nc1c(C#N)cnn1-c1cc(C)c2ccccc2n1. The molecule has 8 heteroatoms. The number of fused-ring (bicyclic) bond motifs is 1. The second kappa shape index (κ2) is 7.85. The first-order valence-corrected chi connectivity index (χ1v) is 9.39. The summed E-state index contributed by atoms with van der Waals surface area (Å²) in [6.45, 7) is 1.97. The van der Waals surface area contributed by atoms with Crippen LogP contribution in [-0.4, -0.2) is 27.8 Å². The van der Waals surface area contributed by atoms with Gasteiger partial charge >= 0.3 is 0 Å². The summed E-state index contributed by atoms with van der Waals surface area (Å²) in [6.07, 6.45) is 1.39. The molecular weight excluding hydrogens is 402 g/mol. The molecule has 148 valence electrons. The van der Waals surface area contributed by atoms with Gasteiger partial charge in [-0.15, -0.1) is 0 Å². The Morgan fingerprint density at radius 2 is 2.03 bits per heavy atom. The fraction of sp³-hybridized carbons (Fsp3) is 0.0909. The van der Waals surface area contributed by atoms with Crippen molar-refractivity contribution in [3.05, 3.63) is 76.4 Å². The zero-order valence-corrected chi connectivity index (χ0v) is 16.9. The standard InChI is InChI=1S/C22H16ClN5O2/c1-13-9-20(26-18-6-4-3-5-16(13)18)28-21(14(11-24)12-25-28)27-22(29)17-10-15(23)7-8-19(17)30-2/h3-10,12H,1-2H3,(H,27,29). The van der Waals surface area contributed by atoms with E-state index < -0.39 is 5.91 Å². The summed E-state index contributed by atoms with van der Waals surface area (Å²) < 4.78 is 6.69. The fourth-order valence-corrected chi connectivity index (χ4v) is 3.37. The molecule has 0 saturated heterocycles. The molecule has 0 saturated carbocycles. The number of aromatic nitrogens is 3. The monoisotopic (exact) mass is 417 g/mol. The summed E-state index contributed by atoms with van der Waals surface area (Å²) in [5.74, 6) is 0.582. The van der Waals surface area contributed by atoms with Gasteiger partial charge in [-0.1, -0.05) is 29.8 Å². The number of amides is 1. The maximum atomic E-state index is 13.0. The van der Waals surface area contributed by atoms with Crippen LogP contribution in [0.15, 0.2) is 54.7 Å². The molecule has 0 fully saturated rings. The van der Waals surface area contributed by atoms with E-state index in [0.29, 0.717) is 16.6 Å². The Labute approximate surface area is 177 Å². The van der Waals surface area contributed by atoms with Crippen molar-refractivity contribution < 1.29 is 9.53 Å². The summed E-state index contributed by atoms with van der Waals surface area (Å²) >= 11 is 6.04. The predicted octanol–water partition coefficient (Wildman–Crippen LogP) is 4.51. The molecule has 1 amide bonds. The van der Waals surface area contributed by atoms with E-state index in [9.17, 15) is 10.1 Å². The number of halogens is 1. The first-order chi connectivity index (χ1) is 14.5. The Bertz CT molecular complexity index is 1320. The number of carbonyl (C=O) groups excluding carboxylic acids is 1. The van der Waals surface area contributed by atoms with Gasteiger partial charge in [0.25, 0.3) is 5.91 Å². The maximum Gasteiger partial charge on any atom is 0.260 e. The molecule has 7 nitrogen and oxygen atoms in total. The van der Waals surface area contributed by atoms with E-state index in [1.54, 1.807) is 12.1 Å². The van der Waals surface area contributed by atoms with E-state index in [-0.39, 0.29) is 16.9 Å². The number of carbonyl (C=O) groups is 1. The minimum absolute atomic E-state index is 0.206. The number of hydrogen-bond donors (Lipinski definition) is 1. The highest BCUT2D eigenvalue weighted by Crippen LogP contribution is 2.27. The molecule has 0 aliphatic carbocycles. The largest absolute Gasteiger partial charge is 0.496 e. The molecule has 0 unspecified atom stereocenters. The number of nitrogens with one attached hydrogen (secondary N) is 1. The molecule has 30 heavy (non-hydrogen) atoms. The highest BCUT2D eigenvalue weighted by atomic mass is 35.5. The lowest BCUT2D eigenvalue weighted by Gasteiger charge is -2.12. The normalized spacial score (nSPS) is 10.6. The minimum Gasteiger partial charge on any atom is -0.496 e. The van der Waals surface area contributed by atoms with Gasteiger partial charge in [-0.2, -0.15) is 15.0 Å². The van der Waals surface area contributed by atoms with Crippen LogP contribution in [0, 0.1) is 18.3 Å². The van der Waals surface area contributed by atoms with Crippen LogP contribution in [0.3, 0.4) is 0 Å². The predicted molar refractivity (Wildman–Crippen MR) is 114 cm³/mol. The minimum atomic E-state index is -0.481. The molecule has 0 aliphatic rings. The van der Waals surface area contributed by atoms with Gasteiger partial charge in [0.15, 0.2) is 11.6 Å². The quantitative estimate of drug-likeness (QED) is 0.527. The lowest BCUT2D eigenvalue weighted by molar-refractivity contribution is 0.102. The van der Waals surface area contributed by atoms with Crippen LogP contribution in [0.1, 0.15) is 21.5 Å². The van der Waals surface area contributed by atoms with Crippen LogP contribution in [0.4, 0.5) is 5.82 Å². The number of benzene rings is 2. The number of anilines is 1. The van der Waals surface area contributed by atoms with Gasteiger partial charge in [0, 0.05) is 10.4 Å². The van der Waals surface area contributed by atoms with Crippen molar-refractivity contribution in [1.82, 2.24) is 14.8 Å². The van der Waals surface area contributed by atoms with E-state index >= 15 is 0 Å². The van der Waals surface area contributed by atoms with Crippen LogP contribution >= 0.6 is 11.6 Å². The molecule has 2 aromatic heterocycles. The molecule has 0 bridgehead atoms. The number of hydrogen-bond acceptors (Lipinski definition) is 5. The zero-order chi connectivity index (χ0) is 21.3. The smallest absolute Gasteiger partial charge is 0.260 e. The number of nitriles is 1. The Hall–Kier alpha value is -3.89. The molecule has 4 rings (SSSR count). The molecular formula is C22H16ClN5O2. The van der Waals surface area contributed by atoms with Crippen LogP contribution in [0.5, 0.6) is 5.75 Å². The lowest BCUT2D eigenvalue weighted by atomic mass is 10.1. The average molecular weight is 418 g/mol. The van der Waals surface area contributed by atoms with E-state index in [4.69, 9.17) is 16.3 Å². The van der Waals surface area contributed by atoms with Crippen LogP contribution in [0.2, 0.25) is 5.02 Å². The van der Waals surface area contributed by atoms with Crippen molar-refractivity contribution in [2.45, 2.75) is 6.92 Å². The Morgan fingerprint density at radius 1 is 1.23 bits per heavy atom. The summed E-state index contributed by atoms with van der Waals surface area (Å²) in [5, 5.41) is 17.9. The van der Waals surface area contributed by atoms with Crippen molar-refractivity contribution in [3.8, 4) is 17.6 Å². The van der Waals surface area contributed by atoms with Gasteiger partial charge < -0.3 is 10.1 Å². The third-order valence-corrected chi connectivity index (χ3v) is 4.89. The summed E-state index contributed by atoms with van der Waals surface area (Å²) in [4.78, 5) is 17.6. The van der Waals surface area contributed by atoms with Crippen molar-refractivity contribution >= 4 is 34.2 Å². The highest BCUT2D eigenvalue weighted by molar-refractivity contribution is 6.31. The number of rotatable bonds is 4. The van der Waals surface area contributed by atoms with Crippen molar-refractivity contribution in [2.24, 2.45) is 0 Å². The molecule has 2 aromatic carbocycles. The molecule has 0 spiro atoms. The zero-order valence-electron chi connectivity index (χ0n) is 16.2. The summed E-state index contributed by atoms with van der Waals surface area (Å²) in [5.41, 5.74) is 2.23. The van der Waals surface area contributed by atoms with Gasteiger partial charge in [0.2, 0.25) is 0 Å². The van der Waals surface area contributed by atoms with Gasteiger partial charge in [-0.25, -0.2) is 4.98 Å². The van der Waals surface area contributed by atoms with Crippen molar-refractivity contribution in [3.63, 3.8) is 0 Å². The molecule has 2 heterocycles. The molecule has 0 aliphatic heterocycles. The van der Waals surface area contributed by atoms with Crippen LogP contribution in [-0.2, 0) is 0 Å². The molecule has 0 atom stereocenters.